The van der Waals surface area contributed by atoms with E-state index in [-0.39, 0.29) is 24.1 Å². The van der Waals surface area contributed by atoms with Gasteiger partial charge in [0.2, 0.25) is 0 Å². The zero-order valence-corrected chi connectivity index (χ0v) is 11.0. The predicted molar refractivity (Wildman–Crippen MR) is 70.9 cm³/mol. The summed E-state index contributed by atoms with van der Waals surface area (Å²) in [7, 11) is 1.39. The van der Waals surface area contributed by atoms with Crippen molar-refractivity contribution >= 4 is 5.97 Å². The number of ether oxygens (including phenoxy) is 3. The molecule has 1 aromatic carbocycles. The van der Waals surface area contributed by atoms with Crippen LogP contribution >= 0.6 is 0 Å². The highest BCUT2D eigenvalue weighted by atomic mass is 16.6. The lowest BCUT2D eigenvalue weighted by atomic mass is 10.00. The molecule has 0 amide bonds. The van der Waals surface area contributed by atoms with E-state index in [9.17, 15) is 4.79 Å². The number of methoxy groups -OCH3 is 1. The highest BCUT2D eigenvalue weighted by Gasteiger charge is 2.39. The Hall–Kier alpha value is -1.81. The summed E-state index contributed by atoms with van der Waals surface area (Å²) < 4.78 is 16.1. The minimum absolute atomic E-state index is 0.118. The van der Waals surface area contributed by atoms with Crippen molar-refractivity contribution in [2.75, 3.05) is 13.7 Å². The summed E-state index contributed by atoms with van der Waals surface area (Å²) in [6.45, 7) is 4.11. The maximum atomic E-state index is 11.6. The lowest BCUT2D eigenvalue weighted by molar-refractivity contribution is -0.146. The molecule has 0 radical (unpaired) electrons. The fraction of sp³-hybridized carbons (Fsp3) is 0.400. The largest absolute Gasteiger partial charge is 0.491 e. The van der Waals surface area contributed by atoms with Crippen molar-refractivity contribution in [1.82, 2.24) is 0 Å². The van der Waals surface area contributed by atoms with Gasteiger partial charge in [0, 0.05) is 0 Å². The molecule has 102 valence electrons. The van der Waals surface area contributed by atoms with Crippen LogP contribution in [0.15, 0.2) is 43.0 Å². The fourth-order valence-electron chi connectivity index (χ4n) is 2.20. The van der Waals surface area contributed by atoms with Crippen LogP contribution in [0.2, 0.25) is 0 Å². The Morgan fingerprint density at radius 1 is 1.47 bits per heavy atom. The zero-order valence-electron chi connectivity index (χ0n) is 11.0. The van der Waals surface area contributed by atoms with Gasteiger partial charge in [0.1, 0.15) is 12.4 Å². The molecule has 19 heavy (non-hydrogen) atoms. The highest BCUT2D eigenvalue weighted by molar-refractivity contribution is 5.73. The molecule has 0 bridgehead atoms. The van der Waals surface area contributed by atoms with Gasteiger partial charge < -0.3 is 14.2 Å². The van der Waals surface area contributed by atoms with Crippen LogP contribution in [-0.4, -0.2) is 31.9 Å². The molecule has 0 saturated carbocycles. The van der Waals surface area contributed by atoms with Gasteiger partial charge in [0.25, 0.3) is 0 Å². The summed E-state index contributed by atoms with van der Waals surface area (Å²) in [5.74, 6) is 0.252. The van der Waals surface area contributed by atoms with Crippen LogP contribution in [0.5, 0.6) is 5.75 Å². The molecule has 1 aliphatic heterocycles. The molecule has 0 unspecified atom stereocenters. The third-order valence-electron chi connectivity index (χ3n) is 3.18. The van der Waals surface area contributed by atoms with Crippen molar-refractivity contribution < 1.29 is 19.0 Å². The molecule has 1 fully saturated rings. The standard InChI is InChI=1S/C15H18O4/c1-3-14-13(15(16)17-2)9-12(19-14)10-18-11-7-5-4-6-8-11/h3-8,12-14H,1,9-10H2,2H3/t12-,13-,14-/m1/s1. The normalized spacial score (nSPS) is 25.8. The number of carbonyl (C=O) groups is 1. The Morgan fingerprint density at radius 3 is 2.84 bits per heavy atom. The molecule has 1 heterocycles. The van der Waals surface area contributed by atoms with E-state index in [4.69, 9.17) is 14.2 Å². The first kappa shape index (κ1) is 13.6. The quantitative estimate of drug-likeness (QED) is 0.603. The average Bonchev–Trinajstić information content (AvgIpc) is 2.88. The lowest BCUT2D eigenvalue weighted by Crippen LogP contribution is -2.23. The topological polar surface area (TPSA) is 44.8 Å². The first-order valence-corrected chi connectivity index (χ1v) is 6.28. The Bertz CT molecular complexity index is 429. The monoisotopic (exact) mass is 262 g/mol. The minimum atomic E-state index is -0.295. The molecule has 0 N–H and O–H groups in total. The van der Waals surface area contributed by atoms with Crippen LogP contribution in [0.25, 0.3) is 0 Å². The average molecular weight is 262 g/mol. The zero-order chi connectivity index (χ0) is 13.7. The van der Waals surface area contributed by atoms with Crippen molar-refractivity contribution in [2.45, 2.75) is 18.6 Å². The van der Waals surface area contributed by atoms with Crippen LogP contribution in [0.1, 0.15) is 6.42 Å². The van der Waals surface area contributed by atoms with Gasteiger partial charge in [-0.25, -0.2) is 0 Å². The summed E-state index contributed by atoms with van der Waals surface area (Å²) in [6.07, 6.45) is 1.82. The van der Waals surface area contributed by atoms with Crippen molar-refractivity contribution in [3.05, 3.63) is 43.0 Å². The number of para-hydroxylation sites is 1. The first-order valence-electron chi connectivity index (χ1n) is 6.28. The SMILES string of the molecule is C=C[C@H]1O[C@@H](COc2ccccc2)C[C@H]1C(=O)OC. The van der Waals surface area contributed by atoms with Gasteiger partial charge in [-0.15, -0.1) is 6.58 Å². The van der Waals surface area contributed by atoms with Crippen LogP contribution in [0, 0.1) is 5.92 Å². The molecule has 2 rings (SSSR count). The molecule has 1 aliphatic rings. The van der Waals surface area contributed by atoms with Crippen molar-refractivity contribution in [2.24, 2.45) is 5.92 Å². The van der Waals surface area contributed by atoms with Crippen LogP contribution < -0.4 is 4.74 Å². The summed E-state index contributed by atoms with van der Waals surface area (Å²) in [5, 5.41) is 0. The third-order valence-corrected chi connectivity index (χ3v) is 3.18. The van der Waals surface area contributed by atoms with Gasteiger partial charge in [0.05, 0.1) is 25.2 Å². The van der Waals surface area contributed by atoms with E-state index in [1.165, 1.54) is 7.11 Å². The maximum Gasteiger partial charge on any atom is 0.311 e. The second-order valence-electron chi connectivity index (χ2n) is 4.45. The van der Waals surface area contributed by atoms with Gasteiger partial charge in [-0.2, -0.15) is 0 Å². The molecule has 1 saturated heterocycles. The van der Waals surface area contributed by atoms with Crippen LogP contribution in [0.3, 0.4) is 0 Å². The Labute approximate surface area is 113 Å². The van der Waals surface area contributed by atoms with Gasteiger partial charge in [-0.05, 0) is 18.6 Å². The molecule has 4 nitrogen and oxygen atoms in total. The van der Waals surface area contributed by atoms with Crippen LogP contribution in [-0.2, 0) is 14.3 Å². The third kappa shape index (κ3) is 3.35. The molecular formula is C15H18O4. The van der Waals surface area contributed by atoms with E-state index in [0.29, 0.717) is 13.0 Å². The first-order chi connectivity index (χ1) is 9.24. The predicted octanol–water partition coefficient (Wildman–Crippen LogP) is 2.20. The molecule has 0 spiro atoms. The molecule has 1 aromatic rings. The summed E-state index contributed by atoms with van der Waals surface area (Å²) in [4.78, 5) is 11.6. The summed E-state index contributed by atoms with van der Waals surface area (Å²) in [6, 6.07) is 9.53. The molecule has 0 aliphatic carbocycles. The second-order valence-corrected chi connectivity index (χ2v) is 4.45. The lowest BCUT2D eigenvalue weighted by Gasteiger charge is -2.12. The van der Waals surface area contributed by atoms with Gasteiger partial charge in [0.15, 0.2) is 0 Å². The van der Waals surface area contributed by atoms with E-state index >= 15 is 0 Å². The number of esters is 1. The van der Waals surface area contributed by atoms with Crippen molar-refractivity contribution in [1.29, 1.82) is 0 Å². The number of rotatable bonds is 5. The smallest absolute Gasteiger partial charge is 0.311 e. The van der Waals surface area contributed by atoms with Gasteiger partial charge in [-0.1, -0.05) is 24.3 Å². The molecule has 4 heteroatoms. The van der Waals surface area contributed by atoms with Gasteiger partial charge >= 0.3 is 5.97 Å². The van der Waals surface area contributed by atoms with Crippen molar-refractivity contribution in [3.8, 4) is 5.75 Å². The Morgan fingerprint density at radius 2 is 2.21 bits per heavy atom. The fourth-order valence-corrected chi connectivity index (χ4v) is 2.20. The van der Waals surface area contributed by atoms with Crippen molar-refractivity contribution in [3.63, 3.8) is 0 Å². The Kier molecular flexibility index (Phi) is 4.58. The maximum absolute atomic E-state index is 11.6. The van der Waals surface area contributed by atoms with E-state index in [0.717, 1.165) is 5.75 Å². The molecular weight excluding hydrogens is 244 g/mol. The number of hydrogen-bond donors (Lipinski definition) is 0. The second kappa shape index (κ2) is 6.38. The number of hydrogen-bond acceptors (Lipinski definition) is 4. The molecule has 3 atom stereocenters. The van der Waals surface area contributed by atoms with E-state index in [1.807, 2.05) is 30.3 Å². The summed E-state index contributed by atoms with van der Waals surface area (Å²) >= 11 is 0. The number of benzene rings is 1. The van der Waals surface area contributed by atoms with E-state index in [2.05, 4.69) is 6.58 Å². The van der Waals surface area contributed by atoms with Gasteiger partial charge in [-0.3, -0.25) is 4.79 Å². The molecule has 0 aromatic heterocycles. The summed E-state index contributed by atoms with van der Waals surface area (Å²) in [5.41, 5.74) is 0. The van der Waals surface area contributed by atoms with E-state index < -0.39 is 0 Å². The minimum Gasteiger partial charge on any atom is -0.491 e. The van der Waals surface area contributed by atoms with Crippen LogP contribution in [0.4, 0.5) is 0 Å². The highest BCUT2D eigenvalue weighted by Crippen LogP contribution is 2.28. The van der Waals surface area contributed by atoms with E-state index in [1.54, 1.807) is 6.08 Å². The Balaban J connectivity index is 1.89. The number of carbonyl (C=O) groups excluding carboxylic acids is 1.